The van der Waals surface area contributed by atoms with Crippen LogP contribution in [0, 0.1) is 0 Å². The largest absolute Gasteiger partial charge is 0.394 e. The summed E-state index contributed by atoms with van der Waals surface area (Å²) < 4.78 is 0. The maximum absolute atomic E-state index is 9.71. The summed E-state index contributed by atoms with van der Waals surface area (Å²) in [5.41, 5.74) is 1.84. The van der Waals surface area contributed by atoms with Crippen molar-refractivity contribution >= 4 is 22.7 Å². The van der Waals surface area contributed by atoms with E-state index < -0.39 is 0 Å². The van der Waals surface area contributed by atoms with E-state index in [9.17, 15) is 5.11 Å². The van der Waals surface area contributed by atoms with Crippen molar-refractivity contribution in [3.8, 4) is 0 Å². The molecule has 0 radical (unpaired) electrons. The quantitative estimate of drug-likeness (QED) is 0.908. The summed E-state index contributed by atoms with van der Waals surface area (Å²) in [6.45, 7) is 1.12. The van der Waals surface area contributed by atoms with Crippen molar-refractivity contribution in [3.05, 3.63) is 24.3 Å². The average Bonchev–Trinajstić information content (AvgIpc) is 3.38. The maximum Gasteiger partial charge on any atom is 0.172 e. The summed E-state index contributed by atoms with van der Waals surface area (Å²) in [6, 6.07) is 8.69. The molecule has 1 saturated heterocycles. The second-order valence-corrected chi connectivity index (χ2v) is 6.33. The maximum atomic E-state index is 9.71. The van der Waals surface area contributed by atoms with Gasteiger partial charge in [0, 0.05) is 12.6 Å². The molecule has 116 valence electrons. The molecular weight excluding hydrogens is 276 g/mol. The molecule has 1 saturated carbocycles. The molecule has 5 nitrogen and oxygen atoms in total. The Bertz CT molecular complexity index is 671. The first kappa shape index (κ1) is 13.8. The van der Waals surface area contributed by atoms with E-state index in [1.807, 2.05) is 24.3 Å². The molecule has 2 aromatic rings. The van der Waals surface area contributed by atoms with E-state index in [1.54, 1.807) is 0 Å². The number of hydrogen-bond acceptors (Lipinski definition) is 5. The van der Waals surface area contributed by atoms with Gasteiger partial charge in [-0.05, 0) is 44.2 Å². The van der Waals surface area contributed by atoms with E-state index in [-0.39, 0.29) is 12.6 Å². The number of piperidine rings is 1. The first-order valence-electron chi connectivity index (χ1n) is 8.26. The van der Waals surface area contributed by atoms with Crippen molar-refractivity contribution in [2.24, 2.45) is 0 Å². The molecule has 1 unspecified atom stereocenters. The Morgan fingerprint density at radius 3 is 2.59 bits per heavy atom. The molecule has 2 aliphatic rings. The average molecular weight is 298 g/mol. The number of aliphatic hydroxyl groups is 1. The van der Waals surface area contributed by atoms with Gasteiger partial charge in [-0.25, -0.2) is 9.97 Å². The third-order valence-corrected chi connectivity index (χ3v) is 4.58. The summed E-state index contributed by atoms with van der Waals surface area (Å²) in [6.07, 6.45) is 5.75. The zero-order chi connectivity index (χ0) is 14.9. The first-order chi connectivity index (χ1) is 10.8. The zero-order valence-corrected chi connectivity index (χ0v) is 12.7. The number of nitrogens with one attached hydrogen (secondary N) is 1. The number of hydrogen-bond donors (Lipinski definition) is 2. The number of nitrogens with zero attached hydrogens (tertiary/aromatic N) is 3. The van der Waals surface area contributed by atoms with Crippen LogP contribution in [0.4, 0.5) is 11.6 Å². The van der Waals surface area contributed by atoms with Gasteiger partial charge in [0.25, 0.3) is 0 Å². The van der Waals surface area contributed by atoms with Crippen LogP contribution in [0.1, 0.15) is 32.1 Å². The van der Waals surface area contributed by atoms with Gasteiger partial charge in [-0.15, -0.1) is 0 Å². The number of aliphatic hydroxyl groups excluding tert-OH is 1. The van der Waals surface area contributed by atoms with Crippen LogP contribution in [0.15, 0.2) is 24.3 Å². The van der Waals surface area contributed by atoms with E-state index in [2.05, 4.69) is 10.2 Å². The lowest BCUT2D eigenvalue weighted by Crippen LogP contribution is -2.43. The Balaban J connectivity index is 1.78. The molecule has 1 atom stereocenters. The summed E-state index contributed by atoms with van der Waals surface area (Å²) in [5, 5.41) is 13.2. The van der Waals surface area contributed by atoms with Crippen molar-refractivity contribution in [3.63, 3.8) is 0 Å². The molecule has 5 heteroatoms. The standard InChI is InChI=1S/C17H22N4O/c22-11-13-5-3-4-10-21(13)17-16(18-12-8-9-12)19-14-6-1-2-7-15(14)20-17/h1-2,6-7,12-13,22H,3-5,8-11H2,(H,18,19). The Hall–Kier alpha value is -1.88. The Kier molecular flexibility index (Phi) is 3.58. The fourth-order valence-electron chi connectivity index (χ4n) is 3.18. The fraction of sp³-hybridized carbons (Fsp3) is 0.529. The Morgan fingerprint density at radius 1 is 1.09 bits per heavy atom. The molecular formula is C17H22N4O. The van der Waals surface area contributed by atoms with Crippen LogP contribution in [0.25, 0.3) is 11.0 Å². The third kappa shape index (κ3) is 2.61. The molecule has 2 fully saturated rings. The minimum atomic E-state index is 0.156. The monoisotopic (exact) mass is 298 g/mol. The topological polar surface area (TPSA) is 61.3 Å². The van der Waals surface area contributed by atoms with Gasteiger partial charge >= 0.3 is 0 Å². The number of aromatic nitrogens is 2. The van der Waals surface area contributed by atoms with Crippen molar-refractivity contribution in [1.29, 1.82) is 0 Å². The zero-order valence-electron chi connectivity index (χ0n) is 12.7. The molecule has 2 heterocycles. The lowest BCUT2D eigenvalue weighted by molar-refractivity contribution is 0.239. The van der Waals surface area contributed by atoms with E-state index in [1.165, 1.54) is 19.3 Å². The van der Waals surface area contributed by atoms with E-state index >= 15 is 0 Å². The third-order valence-electron chi connectivity index (χ3n) is 4.58. The number of rotatable bonds is 4. The van der Waals surface area contributed by atoms with E-state index in [0.29, 0.717) is 6.04 Å². The van der Waals surface area contributed by atoms with Gasteiger partial charge in [0.15, 0.2) is 11.6 Å². The molecule has 1 aromatic heterocycles. The van der Waals surface area contributed by atoms with Crippen LogP contribution in [0.2, 0.25) is 0 Å². The molecule has 0 amide bonds. The Morgan fingerprint density at radius 2 is 1.86 bits per heavy atom. The van der Waals surface area contributed by atoms with Crippen LogP contribution < -0.4 is 10.2 Å². The molecule has 1 aliphatic heterocycles. The number of benzene rings is 1. The van der Waals surface area contributed by atoms with Gasteiger partial charge in [0.1, 0.15) is 0 Å². The van der Waals surface area contributed by atoms with Crippen LogP contribution in [-0.4, -0.2) is 40.3 Å². The number of para-hydroxylation sites is 2. The molecule has 0 bridgehead atoms. The van der Waals surface area contributed by atoms with Crippen LogP contribution in [0.3, 0.4) is 0 Å². The molecule has 4 rings (SSSR count). The molecule has 1 aliphatic carbocycles. The molecule has 0 spiro atoms. The van der Waals surface area contributed by atoms with Crippen molar-refractivity contribution in [2.75, 3.05) is 23.4 Å². The number of fused-ring (bicyclic) bond motifs is 1. The highest BCUT2D eigenvalue weighted by Crippen LogP contribution is 2.33. The fourth-order valence-corrected chi connectivity index (χ4v) is 3.18. The SMILES string of the molecule is OCC1CCCCN1c1nc2ccccc2nc1NC1CC1. The molecule has 22 heavy (non-hydrogen) atoms. The summed E-state index contributed by atoms with van der Waals surface area (Å²) >= 11 is 0. The second-order valence-electron chi connectivity index (χ2n) is 6.33. The van der Waals surface area contributed by atoms with Crippen molar-refractivity contribution in [1.82, 2.24) is 9.97 Å². The highest BCUT2D eigenvalue weighted by atomic mass is 16.3. The Labute approximate surface area is 130 Å². The van der Waals surface area contributed by atoms with Crippen molar-refractivity contribution in [2.45, 2.75) is 44.2 Å². The van der Waals surface area contributed by atoms with Crippen molar-refractivity contribution < 1.29 is 5.11 Å². The molecule has 1 aromatic carbocycles. The normalized spacial score (nSPS) is 22.0. The summed E-state index contributed by atoms with van der Waals surface area (Å²) in [5.74, 6) is 1.78. The highest BCUT2D eigenvalue weighted by Gasteiger charge is 2.29. The predicted octanol–water partition coefficient (Wildman–Crippen LogP) is 2.56. The van der Waals surface area contributed by atoms with Crippen LogP contribution in [0.5, 0.6) is 0 Å². The second kappa shape index (κ2) is 5.72. The summed E-state index contributed by atoms with van der Waals surface area (Å²) in [7, 11) is 0. The lowest BCUT2D eigenvalue weighted by atomic mass is 10.0. The van der Waals surface area contributed by atoms with E-state index in [4.69, 9.17) is 9.97 Å². The van der Waals surface area contributed by atoms with Gasteiger partial charge in [-0.2, -0.15) is 0 Å². The van der Waals surface area contributed by atoms with Gasteiger partial charge in [0.05, 0.1) is 23.7 Å². The molecule has 2 N–H and O–H groups in total. The van der Waals surface area contributed by atoms with E-state index in [0.717, 1.165) is 42.1 Å². The van der Waals surface area contributed by atoms with Gasteiger partial charge in [0.2, 0.25) is 0 Å². The predicted molar refractivity (Wildman–Crippen MR) is 88.3 cm³/mol. The minimum absolute atomic E-state index is 0.156. The summed E-state index contributed by atoms with van der Waals surface area (Å²) in [4.78, 5) is 11.9. The lowest BCUT2D eigenvalue weighted by Gasteiger charge is -2.36. The van der Waals surface area contributed by atoms with Crippen LogP contribution >= 0.6 is 0 Å². The smallest absolute Gasteiger partial charge is 0.172 e. The van der Waals surface area contributed by atoms with Gasteiger partial charge in [-0.3, -0.25) is 0 Å². The van der Waals surface area contributed by atoms with Gasteiger partial charge < -0.3 is 15.3 Å². The minimum Gasteiger partial charge on any atom is -0.394 e. The first-order valence-corrected chi connectivity index (χ1v) is 8.26. The highest BCUT2D eigenvalue weighted by molar-refractivity contribution is 5.80. The van der Waals surface area contributed by atoms with Gasteiger partial charge in [-0.1, -0.05) is 12.1 Å². The van der Waals surface area contributed by atoms with Crippen LogP contribution in [-0.2, 0) is 0 Å². The number of anilines is 2.